The Balaban J connectivity index is 2.30. The second kappa shape index (κ2) is 9.49. The number of likely N-dealkylation sites (N-methyl/N-ethyl adjacent to an activating group) is 2. The van der Waals surface area contributed by atoms with Crippen LogP contribution >= 0.6 is 0 Å². The standard InChI is InChI=1S/C26H42N2Se2/c1-25(2,19-27(5,6)7)21-15-11-13-17-23(21)29-30-24-18-14-12-16-22(24)26(3,4)20-28(8,9)10/h11-18H,19-20H2,1-10H3/q+2. The van der Waals surface area contributed by atoms with Gasteiger partial charge in [0.1, 0.15) is 0 Å². The molecule has 2 nitrogen and oxygen atoms in total. The Morgan fingerprint density at radius 2 is 0.867 bits per heavy atom. The van der Waals surface area contributed by atoms with Crippen LogP contribution < -0.4 is 8.92 Å². The first kappa shape index (κ1) is 25.7. The Labute approximate surface area is 197 Å². The minimum atomic E-state index is 0.176. The van der Waals surface area contributed by atoms with Gasteiger partial charge in [0.25, 0.3) is 0 Å². The summed E-state index contributed by atoms with van der Waals surface area (Å²) in [6.45, 7) is 11.9. The quantitative estimate of drug-likeness (QED) is 0.339. The van der Waals surface area contributed by atoms with Gasteiger partial charge in [-0.15, -0.1) is 0 Å². The van der Waals surface area contributed by atoms with E-state index in [1.165, 1.54) is 0 Å². The zero-order chi connectivity index (χ0) is 22.8. The molecule has 0 aliphatic rings. The van der Waals surface area contributed by atoms with Crippen molar-refractivity contribution in [3.05, 3.63) is 59.7 Å². The van der Waals surface area contributed by atoms with Crippen LogP contribution in [0.2, 0.25) is 0 Å². The van der Waals surface area contributed by atoms with Crippen molar-refractivity contribution in [3.8, 4) is 0 Å². The van der Waals surface area contributed by atoms with Gasteiger partial charge in [-0.3, -0.25) is 0 Å². The van der Waals surface area contributed by atoms with Gasteiger partial charge in [-0.2, -0.15) is 0 Å². The summed E-state index contributed by atoms with van der Waals surface area (Å²) < 4.78 is 5.15. The van der Waals surface area contributed by atoms with E-state index >= 15 is 0 Å². The summed E-state index contributed by atoms with van der Waals surface area (Å²) in [6, 6.07) is 18.4. The van der Waals surface area contributed by atoms with Gasteiger partial charge in [-0.1, -0.05) is 0 Å². The van der Waals surface area contributed by atoms with Crippen LogP contribution in [0.25, 0.3) is 0 Å². The maximum absolute atomic E-state index is 2.41. The third-order valence-corrected chi connectivity index (χ3v) is 12.4. The van der Waals surface area contributed by atoms with E-state index in [0.29, 0.717) is 26.3 Å². The number of benzene rings is 2. The molecule has 0 spiro atoms. The van der Waals surface area contributed by atoms with Gasteiger partial charge in [0.2, 0.25) is 0 Å². The van der Waals surface area contributed by atoms with Gasteiger partial charge >= 0.3 is 198 Å². The zero-order valence-corrected chi connectivity index (χ0v) is 24.2. The fourth-order valence-corrected chi connectivity index (χ4v) is 12.7. The van der Waals surface area contributed by atoms with Crippen LogP contribution in [0.1, 0.15) is 38.8 Å². The number of hydrogen-bond donors (Lipinski definition) is 0. The molecule has 0 amide bonds. The Kier molecular flexibility index (Phi) is 8.12. The first-order valence-corrected chi connectivity index (χ1v) is 16.8. The summed E-state index contributed by atoms with van der Waals surface area (Å²) in [6.07, 6.45) is 0. The van der Waals surface area contributed by atoms with Crippen molar-refractivity contribution in [1.82, 2.24) is 0 Å². The molecule has 0 radical (unpaired) electrons. The van der Waals surface area contributed by atoms with Crippen LogP contribution in [0.5, 0.6) is 0 Å². The molecular formula is C26H42N2Se2+2. The maximum atomic E-state index is 2.41. The molecular weight excluding hydrogens is 498 g/mol. The van der Waals surface area contributed by atoms with E-state index in [-0.39, 0.29) is 10.8 Å². The topological polar surface area (TPSA) is 0 Å². The van der Waals surface area contributed by atoms with E-state index in [0.717, 1.165) is 22.1 Å². The van der Waals surface area contributed by atoms with Gasteiger partial charge in [0, 0.05) is 0 Å². The van der Waals surface area contributed by atoms with E-state index in [9.17, 15) is 0 Å². The van der Waals surface area contributed by atoms with E-state index in [4.69, 9.17) is 0 Å². The van der Waals surface area contributed by atoms with Crippen LogP contribution in [0.15, 0.2) is 48.5 Å². The normalized spacial score (nSPS) is 13.5. The van der Waals surface area contributed by atoms with E-state index in [2.05, 4.69) is 119 Å². The fraction of sp³-hybridized carbons (Fsp3) is 0.538. The zero-order valence-electron chi connectivity index (χ0n) is 20.7. The summed E-state index contributed by atoms with van der Waals surface area (Å²) in [5, 5.41) is 0. The first-order chi connectivity index (χ1) is 13.6. The fourth-order valence-electron chi connectivity index (χ4n) is 4.83. The van der Waals surface area contributed by atoms with Gasteiger partial charge < -0.3 is 0 Å². The van der Waals surface area contributed by atoms with Crippen LogP contribution in [-0.2, 0) is 10.8 Å². The Morgan fingerprint density at radius 3 is 1.17 bits per heavy atom. The summed E-state index contributed by atoms with van der Waals surface area (Å²) in [5.41, 5.74) is 3.44. The molecule has 0 fully saturated rings. The van der Waals surface area contributed by atoms with Crippen molar-refractivity contribution in [3.63, 3.8) is 0 Å². The number of quaternary nitrogens is 2. The molecule has 0 atom stereocenters. The second-order valence-electron chi connectivity index (χ2n) is 11.8. The molecule has 4 heteroatoms. The van der Waals surface area contributed by atoms with Crippen molar-refractivity contribution in [2.45, 2.75) is 38.5 Å². The molecule has 0 N–H and O–H groups in total. The van der Waals surface area contributed by atoms with E-state index in [1.807, 2.05) is 0 Å². The Morgan fingerprint density at radius 1 is 0.567 bits per heavy atom. The third-order valence-electron chi connectivity index (χ3n) is 5.19. The summed E-state index contributed by atoms with van der Waals surface area (Å²) in [5.74, 6) is 0. The SMILES string of the molecule is CC(C)(C[N+](C)(C)C)c1ccccc1[Se][Se]c1ccccc1C(C)(C)C[N+](C)(C)C. The van der Waals surface area contributed by atoms with Crippen molar-refractivity contribution in [2.75, 3.05) is 55.4 Å². The molecule has 0 saturated heterocycles. The van der Waals surface area contributed by atoms with Crippen molar-refractivity contribution in [2.24, 2.45) is 0 Å². The molecule has 2 aromatic carbocycles. The molecule has 0 heterocycles. The number of nitrogens with zero attached hydrogens (tertiary/aromatic N) is 2. The summed E-state index contributed by atoms with van der Waals surface area (Å²) >= 11 is 0.961. The van der Waals surface area contributed by atoms with Crippen LogP contribution in [-0.4, -0.2) is 90.6 Å². The predicted molar refractivity (Wildman–Crippen MR) is 136 cm³/mol. The number of hydrogen-bond acceptors (Lipinski definition) is 0. The average Bonchev–Trinajstić information content (AvgIpc) is 2.56. The molecule has 0 unspecified atom stereocenters. The molecule has 0 saturated carbocycles. The molecule has 166 valence electrons. The molecule has 0 aromatic heterocycles. The summed E-state index contributed by atoms with van der Waals surface area (Å²) in [4.78, 5) is 0. The van der Waals surface area contributed by atoms with Gasteiger partial charge in [-0.25, -0.2) is 0 Å². The number of rotatable bonds is 9. The van der Waals surface area contributed by atoms with Crippen LogP contribution in [0, 0.1) is 0 Å². The molecule has 0 bridgehead atoms. The molecule has 0 aliphatic heterocycles. The Hall–Kier alpha value is -0.601. The predicted octanol–water partition coefficient (Wildman–Crippen LogP) is 2.93. The molecule has 2 rings (SSSR count). The Bertz CT molecular complexity index is 771. The minimum absolute atomic E-state index is 0.176. The van der Waals surface area contributed by atoms with Crippen LogP contribution in [0.3, 0.4) is 0 Å². The summed E-state index contributed by atoms with van der Waals surface area (Å²) in [7, 11) is 13.8. The molecule has 0 aliphatic carbocycles. The van der Waals surface area contributed by atoms with Gasteiger partial charge in [0.15, 0.2) is 0 Å². The van der Waals surface area contributed by atoms with Gasteiger partial charge in [-0.05, 0) is 0 Å². The third kappa shape index (κ3) is 7.52. The van der Waals surface area contributed by atoms with Crippen LogP contribution in [0.4, 0.5) is 0 Å². The van der Waals surface area contributed by atoms with Crippen molar-refractivity contribution < 1.29 is 8.97 Å². The van der Waals surface area contributed by atoms with E-state index < -0.39 is 0 Å². The van der Waals surface area contributed by atoms with Crippen molar-refractivity contribution >= 4 is 35.2 Å². The van der Waals surface area contributed by atoms with Gasteiger partial charge in [0.05, 0.1) is 0 Å². The molecule has 30 heavy (non-hydrogen) atoms. The second-order valence-corrected chi connectivity index (χ2v) is 18.0. The first-order valence-electron chi connectivity index (χ1n) is 10.8. The molecule has 2 aromatic rings. The van der Waals surface area contributed by atoms with E-state index in [1.54, 1.807) is 20.1 Å². The van der Waals surface area contributed by atoms with Crippen molar-refractivity contribution in [1.29, 1.82) is 0 Å². The average molecular weight is 541 g/mol. The monoisotopic (exact) mass is 542 g/mol.